The monoisotopic (exact) mass is 542 g/mol. The zero-order chi connectivity index (χ0) is 28.2. The topological polar surface area (TPSA) is 117 Å². The molecule has 39 heavy (non-hydrogen) atoms. The van der Waals surface area contributed by atoms with Gasteiger partial charge in [-0.25, -0.2) is 9.18 Å². The van der Waals surface area contributed by atoms with Crippen molar-refractivity contribution >= 4 is 29.5 Å². The molecular weight excluding hydrogens is 503 g/mol. The van der Waals surface area contributed by atoms with E-state index in [0.29, 0.717) is 37.9 Å². The number of alkyl carbamates (subject to hydrolysis) is 1. The van der Waals surface area contributed by atoms with E-state index < -0.39 is 41.0 Å². The molecule has 0 aromatic heterocycles. The molecular formula is C29H39FN4O5. The largest absolute Gasteiger partial charge is 0.444 e. The summed E-state index contributed by atoms with van der Waals surface area (Å²) in [5.74, 6) is -1.67. The van der Waals surface area contributed by atoms with Gasteiger partial charge in [-0.3, -0.25) is 14.4 Å². The van der Waals surface area contributed by atoms with E-state index in [0.717, 1.165) is 25.7 Å². The number of benzene rings is 1. The molecule has 0 bridgehead atoms. The zero-order valence-electron chi connectivity index (χ0n) is 22.9. The molecule has 0 spiro atoms. The first-order chi connectivity index (χ1) is 18.5. The SMILES string of the molecule is CC(C)(C)OC(=O)N[C@H]1CCCCCC=C[C@@H]2C[C@@]2(C(=O)Nc2ccc(F)cc2)NC(=O)C2CCCN2C1=O. The van der Waals surface area contributed by atoms with Crippen LogP contribution in [0.3, 0.4) is 0 Å². The maximum Gasteiger partial charge on any atom is 0.408 e. The number of hydrogen-bond donors (Lipinski definition) is 3. The minimum Gasteiger partial charge on any atom is -0.444 e. The number of carbonyl (C=O) groups is 4. The summed E-state index contributed by atoms with van der Waals surface area (Å²) in [5.41, 5.74) is -1.42. The van der Waals surface area contributed by atoms with Gasteiger partial charge in [0.15, 0.2) is 0 Å². The Bertz CT molecular complexity index is 1120. The number of ether oxygens (including phenoxy) is 1. The maximum absolute atomic E-state index is 13.6. The number of rotatable bonds is 3. The summed E-state index contributed by atoms with van der Waals surface area (Å²) >= 11 is 0. The van der Waals surface area contributed by atoms with Crippen LogP contribution in [-0.2, 0) is 19.1 Å². The van der Waals surface area contributed by atoms with Crippen LogP contribution in [0, 0.1) is 11.7 Å². The Morgan fingerprint density at radius 2 is 1.82 bits per heavy atom. The summed E-state index contributed by atoms with van der Waals surface area (Å²) in [6, 6.07) is 3.92. The lowest BCUT2D eigenvalue weighted by Crippen LogP contribution is -2.57. The highest BCUT2D eigenvalue weighted by atomic mass is 19.1. The first kappa shape index (κ1) is 28.6. The number of amides is 4. The smallest absolute Gasteiger partial charge is 0.408 e. The number of halogens is 1. The fourth-order valence-electron chi connectivity index (χ4n) is 5.32. The summed E-state index contributed by atoms with van der Waals surface area (Å²) in [4.78, 5) is 54.7. The van der Waals surface area contributed by atoms with Crippen LogP contribution in [-0.4, -0.2) is 58.5 Å². The fourth-order valence-corrected chi connectivity index (χ4v) is 5.32. The third-order valence-electron chi connectivity index (χ3n) is 7.43. The molecule has 3 aliphatic rings. The van der Waals surface area contributed by atoms with Gasteiger partial charge in [0.2, 0.25) is 11.8 Å². The molecule has 4 rings (SSSR count). The van der Waals surface area contributed by atoms with Crippen molar-refractivity contribution in [1.82, 2.24) is 15.5 Å². The molecule has 9 nitrogen and oxygen atoms in total. The van der Waals surface area contributed by atoms with E-state index in [4.69, 9.17) is 4.74 Å². The average molecular weight is 543 g/mol. The van der Waals surface area contributed by atoms with Crippen LogP contribution < -0.4 is 16.0 Å². The minimum absolute atomic E-state index is 0.181. The van der Waals surface area contributed by atoms with Gasteiger partial charge in [0, 0.05) is 18.2 Å². The summed E-state index contributed by atoms with van der Waals surface area (Å²) < 4.78 is 18.7. The van der Waals surface area contributed by atoms with E-state index in [1.165, 1.54) is 29.2 Å². The van der Waals surface area contributed by atoms with Crippen molar-refractivity contribution in [3.05, 3.63) is 42.2 Å². The molecule has 1 saturated carbocycles. The molecule has 2 fully saturated rings. The van der Waals surface area contributed by atoms with Crippen LogP contribution in [0.4, 0.5) is 14.9 Å². The van der Waals surface area contributed by atoms with Gasteiger partial charge in [-0.1, -0.05) is 25.0 Å². The summed E-state index contributed by atoms with van der Waals surface area (Å²) in [7, 11) is 0. The van der Waals surface area contributed by atoms with E-state index in [2.05, 4.69) is 16.0 Å². The van der Waals surface area contributed by atoms with Gasteiger partial charge in [0.25, 0.3) is 5.91 Å². The predicted octanol–water partition coefficient (Wildman–Crippen LogP) is 4.04. The van der Waals surface area contributed by atoms with Gasteiger partial charge < -0.3 is 25.6 Å². The molecule has 2 aliphatic heterocycles. The number of allylic oxidation sites excluding steroid dienone is 1. The molecule has 3 N–H and O–H groups in total. The highest BCUT2D eigenvalue weighted by Gasteiger charge is 2.60. The fraction of sp³-hybridized carbons (Fsp3) is 0.586. The normalized spacial score (nSPS) is 27.8. The average Bonchev–Trinajstić information content (AvgIpc) is 3.32. The summed E-state index contributed by atoms with van der Waals surface area (Å²) in [6.07, 6.45) is 8.63. The molecule has 1 aromatic rings. The Morgan fingerprint density at radius 1 is 1.08 bits per heavy atom. The van der Waals surface area contributed by atoms with Crippen LogP contribution in [0.15, 0.2) is 36.4 Å². The maximum atomic E-state index is 13.6. The Hall–Kier alpha value is -3.43. The minimum atomic E-state index is -1.15. The molecule has 212 valence electrons. The molecule has 1 aliphatic carbocycles. The van der Waals surface area contributed by atoms with Crippen molar-refractivity contribution in [3.63, 3.8) is 0 Å². The highest BCUT2D eigenvalue weighted by molar-refractivity contribution is 6.04. The van der Waals surface area contributed by atoms with Gasteiger partial charge >= 0.3 is 6.09 Å². The molecule has 2 heterocycles. The van der Waals surface area contributed by atoms with E-state index in [1.54, 1.807) is 20.8 Å². The van der Waals surface area contributed by atoms with E-state index in [9.17, 15) is 23.6 Å². The first-order valence-electron chi connectivity index (χ1n) is 13.8. The van der Waals surface area contributed by atoms with Crippen molar-refractivity contribution in [1.29, 1.82) is 0 Å². The van der Waals surface area contributed by atoms with E-state index >= 15 is 0 Å². The third-order valence-corrected chi connectivity index (χ3v) is 7.43. The summed E-state index contributed by atoms with van der Waals surface area (Å²) in [5, 5.41) is 8.50. The molecule has 1 unspecified atom stereocenters. The quantitative estimate of drug-likeness (QED) is 0.499. The van der Waals surface area contributed by atoms with Crippen molar-refractivity contribution in [3.8, 4) is 0 Å². The molecule has 10 heteroatoms. The van der Waals surface area contributed by atoms with Crippen LogP contribution in [0.5, 0.6) is 0 Å². The van der Waals surface area contributed by atoms with Gasteiger partial charge in [-0.2, -0.15) is 0 Å². The molecule has 1 aromatic carbocycles. The Morgan fingerprint density at radius 3 is 2.54 bits per heavy atom. The number of nitrogens with zero attached hydrogens (tertiary/aromatic N) is 1. The van der Waals surface area contributed by atoms with Gasteiger partial charge in [-0.05, 0) is 83.6 Å². The van der Waals surface area contributed by atoms with Crippen LogP contribution >= 0.6 is 0 Å². The standard InChI is InChI=1S/C29H39FN4O5/c1-28(2,3)39-27(38)32-22-11-8-6-4-5-7-10-19-18-29(19,26(37)31-21-15-13-20(30)14-16-21)33-24(35)23-12-9-17-34(23)25(22)36/h7,10,13-16,19,22-23H,4-6,8-9,11-12,17-18H2,1-3H3,(H,31,37)(H,32,38)(H,33,35)/t19-,22+,23?,29-/m1/s1. The van der Waals surface area contributed by atoms with Crippen LogP contribution in [0.25, 0.3) is 0 Å². The Labute approximate surface area is 228 Å². The van der Waals surface area contributed by atoms with E-state index in [1.807, 2.05) is 12.2 Å². The first-order valence-corrected chi connectivity index (χ1v) is 13.8. The van der Waals surface area contributed by atoms with Gasteiger partial charge in [0.1, 0.15) is 29.0 Å². The lowest BCUT2D eigenvalue weighted by molar-refractivity contribution is -0.141. The number of hydrogen-bond acceptors (Lipinski definition) is 5. The summed E-state index contributed by atoms with van der Waals surface area (Å²) in [6.45, 7) is 5.66. The Kier molecular flexibility index (Phi) is 8.61. The zero-order valence-corrected chi connectivity index (χ0v) is 22.9. The molecule has 1 saturated heterocycles. The molecule has 0 radical (unpaired) electrons. The third kappa shape index (κ3) is 7.16. The number of carbonyl (C=O) groups excluding carboxylic acids is 4. The van der Waals surface area contributed by atoms with Crippen molar-refractivity contribution in [2.24, 2.45) is 5.92 Å². The number of fused-ring (bicyclic) bond motifs is 2. The van der Waals surface area contributed by atoms with Crippen LogP contribution in [0.1, 0.15) is 72.1 Å². The highest BCUT2D eigenvalue weighted by Crippen LogP contribution is 2.46. The van der Waals surface area contributed by atoms with Crippen molar-refractivity contribution < 1.29 is 28.3 Å². The van der Waals surface area contributed by atoms with E-state index in [-0.39, 0.29) is 17.7 Å². The molecule has 4 amide bonds. The van der Waals surface area contributed by atoms with Crippen LogP contribution in [0.2, 0.25) is 0 Å². The lowest BCUT2D eigenvalue weighted by atomic mass is 10.0. The Balaban J connectivity index is 1.54. The van der Waals surface area contributed by atoms with Gasteiger partial charge in [0.05, 0.1) is 0 Å². The lowest BCUT2D eigenvalue weighted by Gasteiger charge is -2.30. The second-order valence-corrected chi connectivity index (χ2v) is 11.7. The predicted molar refractivity (Wildman–Crippen MR) is 144 cm³/mol. The second kappa shape index (κ2) is 11.8. The van der Waals surface area contributed by atoms with Crippen molar-refractivity contribution in [2.45, 2.75) is 95.4 Å². The second-order valence-electron chi connectivity index (χ2n) is 11.7. The molecule has 4 atom stereocenters. The van der Waals surface area contributed by atoms with Gasteiger partial charge in [-0.15, -0.1) is 0 Å². The number of anilines is 1. The van der Waals surface area contributed by atoms with Crippen molar-refractivity contribution in [2.75, 3.05) is 11.9 Å². The number of nitrogens with one attached hydrogen (secondary N) is 3.